The maximum Gasteiger partial charge on any atom is 0.257 e. The summed E-state index contributed by atoms with van der Waals surface area (Å²) in [7, 11) is 0. The summed E-state index contributed by atoms with van der Waals surface area (Å²) < 4.78 is 7.70. The zero-order chi connectivity index (χ0) is 12.4. The third-order valence-electron chi connectivity index (χ3n) is 2.54. The molecule has 0 bridgehead atoms. The molecule has 1 aliphatic rings. The minimum absolute atomic E-state index is 0.136. The molecule has 2 heterocycles. The van der Waals surface area contributed by atoms with Crippen molar-refractivity contribution in [2.75, 3.05) is 6.61 Å². The lowest BCUT2D eigenvalue weighted by atomic mass is 10.2. The van der Waals surface area contributed by atoms with Crippen LogP contribution in [0.2, 0.25) is 0 Å². The van der Waals surface area contributed by atoms with Crippen molar-refractivity contribution in [2.45, 2.75) is 32.9 Å². The Balaban J connectivity index is 2.28. The molecule has 1 aliphatic heterocycles. The molecule has 6 heteroatoms. The van der Waals surface area contributed by atoms with Crippen LogP contribution >= 0.6 is 12.2 Å². The number of H-pyrrole nitrogens is 1. The quantitative estimate of drug-likeness (QED) is 0.829. The summed E-state index contributed by atoms with van der Waals surface area (Å²) in [6.07, 6.45) is 2.49. The number of nitrogens with zero attached hydrogens (tertiary/aromatic N) is 2. The Morgan fingerprint density at radius 2 is 2.41 bits per heavy atom. The Kier molecular flexibility index (Phi) is 3.54. The average Bonchev–Trinajstić information content (AvgIpc) is 2.71. The molecule has 0 fully saturated rings. The number of ether oxygens (including phenoxy) is 1. The van der Waals surface area contributed by atoms with E-state index < -0.39 is 0 Å². The fraction of sp³-hybridized carbons (Fsp3) is 0.545. The van der Waals surface area contributed by atoms with Gasteiger partial charge in [0.05, 0.1) is 24.8 Å². The average molecular weight is 253 g/mol. The number of aromatic nitrogens is 2. The predicted molar refractivity (Wildman–Crippen MR) is 68.8 cm³/mol. The fourth-order valence-corrected chi connectivity index (χ4v) is 2.01. The van der Waals surface area contributed by atoms with E-state index in [9.17, 15) is 4.79 Å². The van der Waals surface area contributed by atoms with Gasteiger partial charge in [-0.15, -0.1) is 0 Å². The third-order valence-corrected chi connectivity index (χ3v) is 2.86. The number of hydrogen-bond donors (Lipinski definition) is 1. The van der Waals surface area contributed by atoms with Crippen LogP contribution in [0, 0.1) is 4.77 Å². The predicted octanol–water partition coefficient (Wildman–Crippen LogP) is 1.59. The van der Waals surface area contributed by atoms with Gasteiger partial charge in [0.2, 0.25) is 0 Å². The van der Waals surface area contributed by atoms with Crippen LogP contribution in [0.15, 0.2) is 9.79 Å². The van der Waals surface area contributed by atoms with Crippen molar-refractivity contribution in [2.24, 2.45) is 4.99 Å². The SMILES string of the molecule is CC(C)OCCn1c2c(c(=O)[nH]c1=S)CC=N2. The largest absolute Gasteiger partial charge is 0.377 e. The van der Waals surface area contributed by atoms with E-state index in [1.165, 1.54) is 0 Å². The normalized spacial score (nSPS) is 13.4. The van der Waals surface area contributed by atoms with E-state index in [0.29, 0.717) is 35.7 Å². The molecule has 92 valence electrons. The second kappa shape index (κ2) is 4.93. The number of aliphatic imine (C=N–C) groups is 1. The summed E-state index contributed by atoms with van der Waals surface area (Å²) in [5.74, 6) is 0.672. The molecule has 0 aromatic carbocycles. The minimum atomic E-state index is -0.136. The highest BCUT2D eigenvalue weighted by molar-refractivity contribution is 7.71. The molecule has 0 saturated carbocycles. The first-order chi connectivity index (χ1) is 8.09. The molecular weight excluding hydrogens is 238 g/mol. The third kappa shape index (κ3) is 2.53. The first kappa shape index (κ1) is 12.2. The molecular formula is C11H15N3O2S. The number of fused-ring (bicyclic) bond motifs is 1. The van der Waals surface area contributed by atoms with Crippen LogP contribution in [-0.2, 0) is 17.7 Å². The standard InChI is InChI=1S/C11H15N3O2S/c1-7(2)16-6-5-14-9-8(3-4-12-9)10(15)13-11(14)17/h4,7H,3,5-6H2,1-2H3,(H,13,15,17). The van der Waals surface area contributed by atoms with Crippen LogP contribution < -0.4 is 5.56 Å². The van der Waals surface area contributed by atoms with Gasteiger partial charge >= 0.3 is 0 Å². The smallest absolute Gasteiger partial charge is 0.257 e. The molecule has 0 unspecified atom stereocenters. The monoisotopic (exact) mass is 253 g/mol. The second-order valence-corrected chi connectivity index (χ2v) is 4.54. The molecule has 0 amide bonds. The zero-order valence-electron chi connectivity index (χ0n) is 9.90. The Labute approximate surface area is 104 Å². The van der Waals surface area contributed by atoms with Crippen LogP contribution in [0.4, 0.5) is 5.82 Å². The maximum atomic E-state index is 11.6. The molecule has 0 spiro atoms. The molecule has 1 aromatic rings. The first-order valence-electron chi connectivity index (χ1n) is 5.59. The highest BCUT2D eigenvalue weighted by Gasteiger charge is 2.15. The van der Waals surface area contributed by atoms with Crippen molar-refractivity contribution in [1.82, 2.24) is 9.55 Å². The van der Waals surface area contributed by atoms with E-state index in [4.69, 9.17) is 17.0 Å². The maximum absolute atomic E-state index is 11.6. The van der Waals surface area contributed by atoms with Gasteiger partial charge in [-0.1, -0.05) is 0 Å². The topological polar surface area (TPSA) is 59.4 Å². The van der Waals surface area contributed by atoms with Gasteiger partial charge < -0.3 is 9.30 Å². The van der Waals surface area contributed by atoms with Gasteiger partial charge in [-0.2, -0.15) is 0 Å². The van der Waals surface area contributed by atoms with Gasteiger partial charge in [-0.25, -0.2) is 4.99 Å². The minimum Gasteiger partial charge on any atom is -0.377 e. The number of nitrogens with one attached hydrogen (secondary N) is 1. The number of rotatable bonds is 4. The van der Waals surface area contributed by atoms with E-state index in [0.717, 1.165) is 0 Å². The van der Waals surface area contributed by atoms with Gasteiger partial charge in [-0.3, -0.25) is 9.78 Å². The van der Waals surface area contributed by atoms with E-state index in [-0.39, 0.29) is 11.7 Å². The molecule has 0 atom stereocenters. The van der Waals surface area contributed by atoms with E-state index in [1.54, 1.807) is 6.21 Å². The van der Waals surface area contributed by atoms with Crippen molar-refractivity contribution in [1.29, 1.82) is 0 Å². The Morgan fingerprint density at radius 1 is 1.65 bits per heavy atom. The van der Waals surface area contributed by atoms with Crippen molar-refractivity contribution < 1.29 is 4.74 Å². The molecule has 17 heavy (non-hydrogen) atoms. The second-order valence-electron chi connectivity index (χ2n) is 4.15. The Bertz CT molecular complexity index is 557. The highest BCUT2D eigenvalue weighted by atomic mass is 32.1. The van der Waals surface area contributed by atoms with E-state index >= 15 is 0 Å². The van der Waals surface area contributed by atoms with Gasteiger partial charge in [0.1, 0.15) is 5.82 Å². The van der Waals surface area contributed by atoms with E-state index in [1.807, 2.05) is 18.4 Å². The summed E-state index contributed by atoms with van der Waals surface area (Å²) in [6, 6.07) is 0. The van der Waals surface area contributed by atoms with Crippen molar-refractivity contribution >= 4 is 24.3 Å². The summed E-state index contributed by atoms with van der Waals surface area (Å²) in [4.78, 5) is 18.5. The highest BCUT2D eigenvalue weighted by Crippen LogP contribution is 2.20. The number of aromatic amines is 1. The summed E-state index contributed by atoms with van der Waals surface area (Å²) in [6.45, 7) is 5.12. The fourth-order valence-electron chi connectivity index (χ4n) is 1.74. The van der Waals surface area contributed by atoms with Crippen LogP contribution in [0.3, 0.4) is 0 Å². The lowest BCUT2D eigenvalue weighted by Gasteiger charge is -2.12. The van der Waals surface area contributed by atoms with E-state index in [2.05, 4.69) is 9.98 Å². The summed E-state index contributed by atoms with van der Waals surface area (Å²) in [5.41, 5.74) is 0.548. The summed E-state index contributed by atoms with van der Waals surface area (Å²) >= 11 is 5.14. The van der Waals surface area contributed by atoms with Crippen LogP contribution in [-0.4, -0.2) is 28.5 Å². The van der Waals surface area contributed by atoms with Crippen LogP contribution in [0.5, 0.6) is 0 Å². The first-order valence-corrected chi connectivity index (χ1v) is 6.00. The zero-order valence-corrected chi connectivity index (χ0v) is 10.7. The molecule has 2 rings (SSSR count). The Morgan fingerprint density at radius 3 is 3.12 bits per heavy atom. The van der Waals surface area contributed by atoms with Gasteiger partial charge in [0.15, 0.2) is 4.77 Å². The van der Waals surface area contributed by atoms with Gasteiger partial charge in [0.25, 0.3) is 5.56 Å². The van der Waals surface area contributed by atoms with Gasteiger partial charge in [0, 0.05) is 12.6 Å². The molecule has 5 nitrogen and oxygen atoms in total. The lowest BCUT2D eigenvalue weighted by Crippen LogP contribution is -2.19. The van der Waals surface area contributed by atoms with Crippen LogP contribution in [0.1, 0.15) is 19.4 Å². The van der Waals surface area contributed by atoms with Crippen molar-refractivity contribution in [3.63, 3.8) is 0 Å². The van der Waals surface area contributed by atoms with Crippen molar-refractivity contribution in [3.8, 4) is 0 Å². The van der Waals surface area contributed by atoms with Gasteiger partial charge in [-0.05, 0) is 26.1 Å². The molecule has 0 radical (unpaired) electrons. The molecule has 1 N–H and O–H groups in total. The van der Waals surface area contributed by atoms with Crippen LogP contribution in [0.25, 0.3) is 0 Å². The lowest BCUT2D eigenvalue weighted by molar-refractivity contribution is 0.0725. The Hall–Kier alpha value is -1.27. The summed E-state index contributed by atoms with van der Waals surface area (Å²) in [5, 5.41) is 0. The molecule has 0 saturated heterocycles. The van der Waals surface area contributed by atoms with Crippen molar-refractivity contribution in [3.05, 3.63) is 20.7 Å². The number of hydrogen-bond acceptors (Lipinski definition) is 4. The molecule has 1 aromatic heterocycles. The molecule has 0 aliphatic carbocycles.